The molecule has 6 heteroatoms. The molecule has 1 heterocycles. The quantitative estimate of drug-likeness (QED) is 0.816. The molecule has 0 bridgehead atoms. The van der Waals surface area contributed by atoms with Crippen LogP contribution in [0.3, 0.4) is 0 Å². The first-order chi connectivity index (χ1) is 11.1. The number of rotatable bonds is 7. The molecule has 2 rings (SSSR count). The summed E-state index contributed by atoms with van der Waals surface area (Å²) >= 11 is 0. The molecule has 0 aliphatic carbocycles. The minimum absolute atomic E-state index is 0.276. The van der Waals surface area contributed by atoms with Crippen molar-refractivity contribution in [3.63, 3.8) is 0 Å². The van der Waals surface area contributed by atoms with E-state index in [0.29, 0.717) is 5.76 Å². The maximum atomic E-state index is 12.3. The van der Waals surface area contributed by atoms with Gasteiger partial charge in [-0.05, 0) is 24.6 Å². The van der Waals surface area contributed by atoms with Gasteiger partial charge in [0.2, 0.25) is 5.91 Å². The maximum Gasteiger partial charge on any atom is 0.254 e. The Morgan fingerprint density at radius 2 is 1.87 bits per heavy atom. The molecule has 0 saturated heterocycles. The Morgan fingerprint density at radius 3 is 2.48 bits per heavy atom. The summed E-state index contributed by atoms with van der Waals surface area (Å²) in [6, 6.07) is 11.9. The fraction of sp³-hybridized carbons (Fsp3) is 0.294. The van der Waals surface area contributed by atoms with Crippen LogP contribution < -0.4 is 10.6 Å². The summed E-state index contributed by atoms with van der Waals surface area (Å²) in [5.74, 6) is -0.00653. The van der Waals surface area contributed by atoms with E-state index in [9.17, 15) is 9.59 Å². The van der Waals surface area contributed by atoms with E-state index in [1.165, 1.54) is 13.4 Å². The predicted octanol–water partition coefficient (Wildman–Crippen LogP) is 1.79. The number of carbonyl (C=O) groups is 2. The lowest BCUT2D eigenvalue weighted by atomic mass is 10.1. The first kappa shape index (κ1) is 16.8. The van der Waals surface area contributed by atoms with Crippen LogP contribution in [0.15, 0.2) is 53.1 Å². The molecule has 2 aromatic rings. The standard InChI is InChI=1S/C17H20N2O4/c1-12(16(20)18-11-14-9-6-10-23-14)19-17(21)15(22-2)13-7-4-3-5-8-13/h3-10,12,15H,11H2,1-2H3,(H,18,20)(H,19,21). The minimum Gasteiger partial charge on any atom is -0.467 e. The summed E-state index contributed by atoms with van der Waals surface area (Å²) in [6.45, 7) is 1.89. The van der Waals surface area contributed by atoms with Crippen LogP contribution >= 0.6 is 0 Å². The second-order valence-corrected chi connectivity index (χ2v) is 5.05. The summed E-state index contributed by atoms with van der Waals surface area (Å²) in [5.41, 5.74) is 0.732. The molecule has 0 aliphatic rings. The van der Waals surface area contributed by atoms with Gasteiger partial charge in [0.25, 0.3) is 5.91 Å². The van der Waals surface area contributed by atoms with Crippen LogP contribution in [-0.2, 0) is 20.9 Å². The van der Waals surface area contributed by atoms with Crippen LogP contribution in [0.4, 0.5) is 0 Å². The minimum atomic E-state index is -0.753. The first-order valence-electron chi connectivity index (χ1n) is 7.30. The molecule has 0 saturated carbocycles. The van der Waals surface area contributed by atoms with Gasteiger partial charge in [0, 0.05) is 7.11 Å². The molecule has 122 valence electrons. The molecule has 1 aromatic carbocycles. The molecule has 2 N–H and O–H groups in total. The van der Waals surface area contributed by atoms with Crippen molar-refractivity contribution in [2.45, 2.75) is 25.6 Å². The van der Waals surface area contributed by atoms with E-state index in [0.717, 1.165) is 5.56 Å². The molecule has 0 fully saturated rings. The van der Waals surface area contributed by atoms with E-state index in [4.69, 9.17) is 9.15 Å². The number of carbonyl (C=O) groups excluding carboxylic acids is 2. The van der Waals surface area contributed by atoms with Gasteiger partial charge >= 0.3 is 0 Å². The van der Waals surface area contributed by atoms with Gasteiger partial charge in [-0.25, -0.2) is 0 Å². The van der Waals surface area contributed by atoms with Crippen LogP contribution in [0.2, 0.25) is 0 Å². The number of amides is 2. The summed E-state index contributed by atoms with van der Waals surface area (Å²) in [7, 11) is 1.46. The monoisotopic (exact) mass is 316 g/mol. The average molecular weight is 316 g/mol. The maximum absolute atomic E-state index is 12.3. The highest BCUT2D eigenvalue weighted by Gasteiger charge is 2.23. The summed E-state index contributed by atoms with van der Waals surface area (Å²) in [4.78, 5) is 24.3. The second kappa shape index (κ2) is 8.14. The molecule has 0 spiro atoms. The predicted molar refractivity (Wildman–Crippen MR) is 84.4 cm³/mol. The number of nitrogens with one attached hydrogen (secondary N) is 2. The Kier molecular flexibility index (Phi) is 5.94. The zero-order chi connectivity index (χ0) is 16.7. The molecule has 6 nitrogen and oxygen atoms in total. The average Bonchev–Trinajstić information content (AvgIpc) is 3.07. The van der Waals surface area contributed by atoms with E-state index < -0.39 is 12.1 Å². The van der Waals surface area contributed by atoms with Crippen molar-refractivity contribution in [2.24, 2.45) is 0 Å². The van der Waals surface area contributed by atoms with E-state index in [-0.39, 0.29) is 18.4 Å². The van der Waals surface area contributed by atoms with Crippen LogP contribution in [0.1, 0.15) is 24.4 Å². The lowest BCUT2D eigenvalue weighted by Crippen LogP contribution is -2.46. The number of ether oxygens (including phenoxy) is 1. The Hall–Kier alpha value is -2.60. The van der Waals surface area contributed by atoms with E-state index in [2.05, 4.69) is 10.6 Å². The van der Waals surface area contributed by atoms with Crippen LogP contribution in [-0.4, -0.2) is 25.0 Å². The summed E-state index contributed by atoms with van der Waals surface area (Å²) in [5, 5.41) is 5.35. The van der Waals surface area contributed by atoms with E-state index >= 15 is 0 Å². The van der Waals surface area contributed by atoms with Crippen molar-refractivity contribution >= 4 is 11.8 Å². The zero-order valence-corrected chi connectivity index (χ0v) is 13.1. The van der Waals surface area contributed by atoms with E-state index in [1.807, 2.05) is 18.2 Å². The molecular weight excluding hydrogens is 296 g/mol. The highest BCUT2D eigenvalue weighted by Crippen LogP contribution is 2.16. The molecule has 23 heavy (non-hydrogen) atoms. The number of benzene rings is 1. The van der Waals surface area contributed by atoms with Gasteiger partial charge in [-0.15, -0.1) is 0 Å². The Bertz CT molecular complexity index is 625. The molecule has 2 unspecified atom stereocenters. The smallest absolute Gasteiger partial charge is 0.254 e. The number of hydrogen-bond acceptors (Lipinski definition) is 4. The van der Waals surface area contributed by atoms with Crippen LogP contribution in [0.5, 0.6) is 0 Å². The van der Waals surface area contributed by atoms with Crippen molar-refractivity contribution in [1.29, 1.82) is 0 Å². The Balaban J connectivity index is 1.88. The molecule has 2 atom stereocenters. The van der Waals surface area contributed by atoms with Gasteiger partial charge in [-0.2, -0.15) is 0 Å². The fourth-order valence-corrected chi connectivity index (χ4v) is 2.12. The summed E-state index contributed by atoms with van der Waals surface area (Å²) < 4.78 is 10.4. The van der Waals surface area contributed by atoms with Gasteiger partial charge in [-0.1, -0.05) is 30.3 Å². The van der Waals surface area contributed by atoms with Gasteiger partial charge in [-0.3, -0.25) is 9.59 Å². The second-order valence-electron chi connectivity index (χ2n) is 5.05. The lowest BCUT2D eigenvalue weighted by molar-refractivity contribution is -0.135. The van der Waals surface area contributed by atoms with Crippen molar-refractivity contribution in [2.75, 3.05) is 7.11 Å². The van der Waals surface area contributed by atoms with Gasteiger partial charge < -0.3 is 19.8 Å². The summed E-state index contributed by atoms with van der Waals surface area (Å²) in [6.07, 6.45) is 0.784. The molecule has 2 amide bonds. The van der Waals surface area contributed by atoms with Gasteiger partial charge in [0.1, 0.15) is 11.8 Å². The van der Waals surface area contributed by atoms with Crippen molar-refractivity contribution in [1.82, 2.24) is 10.6 Å². The van der Waals surface area contributed by atoms with Crippen LogP contribution in [0, 0.1) is 0 Å². The zero-order valence-electron chi connectivity index (χ0n) is 13.1. The van der Waals surface area contributed by atoms with Crippen molar-refractivity contribution < 1.29 is 18.7 Å². The highest BCUT2D eigenvalue weighted by molar-refractivity contribution is 5.89. The molecule has 1 aromatic heterocycles. The SMILES string of the molecule is COC(C(=O)NC(C)C(=O)NCc1ccco1)c1ccccc1. The number of furan rings is 1. The van der Waals surface area contributed by atoms with Crippen molar-refractivity contribution in [3.8, 4) is 0 Å². The number of methoxy groups -OCH3 is 1. The molecule has 0 radical (unpaired) electrons. The fourth-order valence-electron chi connectivity index (χ4n) is 2.12. The normalized spacial score (nSPS) is 13.1. The Morgan fingerprint density at radius 1 is 1.13 bits per heavy atom. The van der Waals surface area contributed by atoms with Gasteiger partial charge in [0.15, 0.2) is 6.10 Å². The molecule has 0 aliphatic heterocycles. The topological polar surface area (TPSA) is 80.6 Å². The van der Waals surface area contributed by atoms with E-state index in [1.54, 1.807) is 31.2 Å². The first-order valence-corrected chi connectivity index (χ1v) is 7.30. The Labute approximate surface area is 134 Å². The van der Waals surface area contributed by atoms with Crippen LogP contribution in [0.25, 0.3) is 0 Å². The molecular formula is C17H20N2O4. The third-order valence-electron chi connectivity index (χ3n) is 3.35. The largest absolute Gasteiger partial charge is 0.467 e. The van der Waals surface area contributed by atoms with Gasteiger partial charge in [0.05, 0.1) is 12.8 Å². The van der Waals surface area contributed by atoms with Crippen molar-refractivity contribution in [3.05, 3.63) is 60.1 Å². The third kappa shape index (κ3) is 4.69. The lowest BCUT2D eigenvalue weighted by Gasteiger charge is -2.19. The number of hydrogen-bond donors (Lipinski definition) is 2. The third-order valence-corrected chi connectivity index (χ3v) is 3.35. The highest BCUT2D eigenvalue weighted by atomic mass is 16.5.